The summed E-state index contributed by atoms with van der Waals surface area (Å²) in [6.07, 6.45) is -1.43. The standard InChI is InChI=1S/C19H19Cl3NO6P/c1-3-27-30(26,28-4-2)19(23-25)17(24)18(13-7-5-6-8-14(13)20)29-12-9-10-15(21)16(22)11-12/h5-11,18,25H,3-4H2,1-2H3/b23-19-. The summed E-state index contributed by atoms with van der Waals surface area (Å²) in [6.45, 7) is 3.02. The topological polar surface area (TPSA) is 94.4 Å². The Bertz CT molecular complexity index is 974. The first-order valence-corrected chi connectivity index (χ1v) is 11.5. The van der Waals surface area contributed by atoms with Gasteiger partial charge < -0.3 is 19.0 Å². The third-order valence-electron chi connectivity index (χ3n) is 3.74. The van der Waals surface area contributed by atoms with Gasteiger partial charge in [0.05, 0.1) is 23.3 Å². The zero-order valence-corrected chi connectivity index (χ0v) is 19.2. The maximum absolute atomic E-state index is 13.3. The van der Waals surface area contributed by atoms with Crippen molar-refractivity contribution >= 4 is 53.6 Å². The fraction of sp³-hybridized carbons (Fsp3) is 0.263. The van der Waals surface area contributed by atoms with E-state index < -0.39 is 24.9 Å². The van der Waals surface area contributed by atoms with Crippen LogP contribution >= 0.6 is 42.4 Å². The van der Waals surface area contributed by atoms with Crippen LogP contribution in [0.15, 0.2) is 47.6 Å². The number of hydrogen-bond donors (Lipinski definition) is 1. The van der Waals surface area contributed by atoms with Crippen molar-refractivity contribution in [2.45, 2.75) is 20.0 Å². The molecule has 0 saturated heterocycles. The number of hydrogen-bond acceptors (Lipinski definition) is 7. The van der Waals surface area contributed by atoms with E-state index in [0.29, 0.717) is 5.02 Å². The number of Topliss-reactive ketones (excluding diaryl/α,β-unsaturated/α-hetero) is 1. The minimum absolute atomic E-state index is 0.0476. The molecule has 0 spiro atoms. The van der Waals surface area contributed by atoms with E-state index in [-0.39, 0.29) is 34.6 Å². The number of carbonyl (C=O) groups excluding carboxylic acids is 1. The van der Waals surface area contributed by atoms with E-state index in [4.69, 9.17) is 48.6 Å². The van der Waals surface area contributed by atoms with Crippen molar-refractivity contribution in [3.8, 4) is 5.75 Å². The van der Waals surface area contributed by atoms with E-state index in [9.17, 15) is 14.6 Å². The van der Waals surface area contributed by atoms with Crippen LogP contribution in [0.4, 0.5) is 0 Å². The third kappa shape index (κ3) is 5.76. The Hall–Kier alpha value is -1.60. The summed E-state index contributed by atoms with van der Waals surface area (Å²) in [5, 5.41) is 13.1. The van der Waals surface area contributed by atoms with Gasteiger partial charge in [-0.15, -0.1) is 0 Å². The molecule has 2 rings (SSSR count). The van der Waals surface area contributed by atoms with Gasteiger partial charge in [-0.1, -0.05) is 58.2 Å². The van der Waals surface area contributed by atoms with E-state index in [1.807, 2.05) is 0 Å². The van der Waals surface area contributed by atoms with Crippen LogP contribution in [-0.4, -0.2) is 29.7 Å². The predicted molar refractivity (Wildman–Crippen MR) is 116 cm³/mol. The zero-order chi connectivity index (χ0) is 22.3. The average Bonchev–Trinajstić information content (AvgIpc) is 2.70. The van der Waals surface area contributed by atoms with Gasteiger partial charge in [0.25, 0.3) is 0 Å². The van der Waals surface area contributed by atoms with Gasteiger partial charge in [0, 0.05) is 16.7 Å². The van der Waals surface area contributed by atoms with Gasteiger partial charge in [0.15, 0.2) is 6.10 Å². The number of oxime groups is 1. The maximum atomic E-state index is 13.3. The fourth-order valence-electron chi connectivity index (χ4n) is 2.49. The molecule has 7 nitrogen and oxygen atoms in total. The third-order valence-corrected chi connectivity index (χ3v) is 6.85. The lowest BCUT2D eigenvalue weighted by molar-refractivity contribution is -0.119. The van der Waals surface area contributed by atoms with Gasteiger partial charge >= 0.3 is 7.60 Å². The molecule has 0 aliphatic rings. The second-order valence-corrected chi connectivity index (χ2v) is 8.87. The van der Waals surface area contributed by atoms with Crippen molar-refractivity contribution in [1.29, 1.82) is 0 Å². The quantitative estimate of drug-likeness (QED) is 0.178. The number of ketones is 1. The Morgan fingerprint density at radius 3 is 2.20 bits per heavy atom. The molecule has 0 aliphatic heterocycles. The number of halogens is 3. The van der Waals surface area contributed by atoms with Crippen molar-refractivity contribution in [3.05, 3.63) is 63.1 Å². The monoisotopic (exact) mass is 493 g/mol. The second kappa shape index (κ2) is 11.1. The number of benzene rings is 2. The highest BCUT2D eigenvalue weighted by atomic mass is 35.5. The van der Waals surface area contributed by atoms with Crippen LogP contribution < -0.4 is 4.74 Å². The predicted octanol–water partition coefficient (Wildman–Crippen LogP) is 6.39. The fourth-order valence-corrected chi connectivity index (χ4v) is 4.51. The molecule has 0 aliphatic carbocycles. The number of ether oxygens (including phenoxy) is 1. The summed E-state index contributed by atoms with van der Waals surface area (Å²) in [4.78, 5) is 13.3. The highest BCUT2D eigenvalue weighted by Crippen LogP contribution is 2.51. The van der Waals surface area contributed by atoms with Crippen LogP contribution in [0.2, 0.25) is 15.1 Å². The molecular formula is C19H19Cl3NO6P. The van der Waals surface area contributed by atoms with Crippen molar-refractivity contribution in [1.82, 2.24) is 0 Å². The molecule has 2 aromatic carbocycles. The molecule has 1 unspecified atom stereocenters. The normalized spacial score (nSPS) is 13.2. The summed E-state index contributed by atoms with van der Waals surface area (Å²) in [5.41, 5.74) is -0.563. The summed E-state index contributed by atoms with van der Waals surface area (Å²) < 4.78 is 29.2. The molecule has 30 heavy (non-hydrogen) atoms. The van der Waals surface area contributed by atoms with Gasteiger partial charge in [0.2, 0.25) is 11.2 Å². The minimum Gasteiger partial charge on any atom is -0.477 e. The molecule has 0 bridgehead atoms. The Kier molecular flexibility index (Phi) is 9.16. The van der Waals surface area contributed by atoms with Crippen molar-refractivity contribution in [3.63, 3.8) is 0 Å². The molecule has 2 aromatic rings. The molecule has 0 radical (unpaired) electrons. The van der Waals surface area contributed by atoms with Crippen LogP contribution in [0.5, 0.6) is 5.75 Å². The van der Waals surface area contributed by atoms with Crippen LogP contribution in [0.3, 0.4) is 0 Å². The number of rotatable bonds is 10. The van der Waals surface area contributed by atoms with E-state index in [1.54, 1.807) is 38.1 Å². The summed E-state index contributed by atoms with van der Waals surface area (Å²) in [7, 11) is -4.22. The van der Waals surface area contributed by atoms with Gasteiger partial charge in [-0.2, -0.15) is 0 Å². The first kappa shape index (κ1) is 24.7. The molecule has 0 aromatic heterocycles. The zero-order valence-electron chi connectivity index (χ0n) is 16.0. The molecule has 1 atom stereocenters. The molecule has 0 heterocycles. The first-order valence-electron chi connectivity index (χ1n) is 8.79. The highest BCUT2D eigenvalue weighted by molar-refractivity contribution is 7.75. The van der Waals surface area contributed by atoms with Crippen molar-refractivity contribution in [2.24, 2.45) is 5.16 Å². The summed E-state index contributed by atoms with van der Waals surface area (Å²) >= 11 is 18.2. The van der Waals surface area contributed by atoms with Crippen molar-refractivity contribution in [2.75, 3.05) is 13.2 Å². The number of nitrogens with zero attached hydrogens (tertiary/aromatic N) is 1. The summed E-state index contributed by atoms with van der Waals surface area (Å²) in [5.74, 6) is -0.774. The largest absolute Gasteiger partial charge is 0.477 e. The molecule has 0 fully saturated rings. The Morgan fingerprint density at radius 1 is 1.03 bits per heavy atom. The van der Waals surface area contributed by atoms with Crippen LogP contribution in [-0.2, 0) is 18.4 Å². The van der Waals surface area contributed by atoms with Crippen molar-refractivity contribution < 1.29 is 28.4 Å². The molecule has 1 N–H and O–H groups in total. The second-order valence-electron chi connectivity index (χ2n) is 5.72. The van der Waals surface area contributed by atoms with Gasteiger partial charge in [-0.05, 0) is 32.0 Å². The van der Waals surface area contributed by atoms with E-state index in [1.165, 1.54) is 18.2 Å². The Labute approximate surface area is 189 Å². The van der Waals surface area contributed by atoms with E-state index in [0.717, 1.165) is 0 Å². The lowest BCUT2D eigenvalue weighted by Gasteiger charge is -2.23. The average molecular weight is 495 g/mol. The van der Waals surface area contributed by atoms with Gasteiger partial charge in [-0.3, -0.25) is 9.36 Å². The molecule has 0 amide bonds. The minimum atomic E-state index is -4.22. The Morgan fingerprint density at radius 2 is 1.67 bits per heavy atom. The highest BCUT2D eigenvalue weighted by Gasteiger charge is 2.43. The molecule has 11 heteroatoms. The smallest absolute Gasteiger partial charge is 0.386 e. The SMILES string of the molecule is CCOP(=O)(OCC)/C(=N\O)C(=O)C(Oc1ccc(Cl)c(Cl)c1)c1ccccc1Cl. The van der Waals surface area contributed by atoms with Gasteiger partial charge in [0.1, 0.15) is 5.75 Å². The molecule has 0 saturated carbocycles. The lowest BCUT2D eigenvalue weighted by Crippen LogP contribution is -2.28. The molecular weight excluding hydrogens is 476 g/mol. The lowest BCUT2D eigenvalue weighted by atomic mass is 10.1. The number of carbonyl (C=O) groups is 1. The van der Waals surface area contributed by atoms with Crippen LogP contribution in [0.25, 0.3) is 0 Å². The van der Waals surface area contributed by atoms with E-state index in [2.05, 4.69) is 5.16 Å². The maximum Gasteiger partial charge on any atom is 0.386 e. The first-order chi connectivity index (χ1) is 14.3. The summed E-state index contributed by atoms with van der Waals surface area (Å²) in [6, 6.07) is 10.8. The van der Waals surface area contributed by atoms with Crippen LogP contribution in [0.1, 0.15) is 25.5 Å². The molecule has 162 valence electrons. The van der Waals surface area contributed by atoms with Crippen LogP contribution in [0, 0.1) is 0 Å². The van der Waals surface area contributed by atoms with E-state index >= 15 is 0 Å². The van der Waals surface area contributed by atoms with Gasteiger partial charge in [-0.25, -0.2) is 0 Å². The Balaban J connectivity index is 2.54.